The SMILES string of the molecule is CC1OC(OCC2OC(Oc3c(-c4ccc(O)c(O)c4)oc4cc(O)cc(O)c4c3=O)C(O)C(O)C2O)C(O)C(O)C1OC(=O)C=Cc1ccc(O)c(O)c1. The predicted octanol–water partition coefficient (Wildman–Crippen LogP) is -0.0116. The second-order valence-corrected chi connectivity index (χ2v) is 12.8. The maximum atomic E-state index is 13.7. The van der Waals surface area contributed by atoms with Gasteiger partial charge in [-0.05, 0) is 48.9 Å². The molecule has 10 unspecified atom stereocenters. The third kappa shape index (κ3) is 7.95. The van der Waals surface area contributed by atoms with Gasteiger partial charge in [0.05, 0.1) is 12.7 Å². The molecule has 10 atom stereocenters. The molecule has 11 N–H and O–H groups in total. The second kappa shape index (κ2) is 15.6. The van der Waals surface area contributed by atoms with E-state index in [0.29, 0.717) is 5.56 Å². The second-order valence-electron chi connectivity index (χ2n) is 12.8. The van der Waals surface area contributed by atoms with Crippen LogP contribution in [0.1, 0.15) is 12.5 Å². The van der Waals surface area contributed by atoms with Gasteiger partial charge in [0.25, 0.3) is 0 Å². The lowest BCUT2D eigenvalue weighted by Crippen LogP contribution is -2.62. The normalized spacial score (nSPS) is 28.3. The first-order valence-electron chi connectivity index (χ1n) is 16.5. The van der Waals surface area contributed by atoms with Gasteiger partial charge in [0.15, 0.2) is 41.2 Å². The molecule has 0 amide bonds. The summed E-state index contributed by atoms with van der Waals surface area (Å²) < 4.78 is 33.6. The molecule has 2 aliphatic heterocycles. The number of esters is 1. The van der Waals surface area contributed by atoms with Gasteiger partial charge in [-0.3, -0.25) is 4.79 Å². The van der Waals surface area contributed by atoms with Gasteiger partial charge < -0.3 is 84.3 Å². The standard InChI is InChI=1S/C36H36O19/c1-13-32(54-24(43)7-3-14-2-5-17(38)19(40)8-14)29(47)31(49)35(51-13)50-12-23-26(44)28(46)30(48)36(53-23)55-34-27(45)25-21(42)10-16(37)11-22(25)52-33(34)15-4-6-18(39)20(41)9-15/h2-11,13,23,26,28-32,35-42,44,46-49H,12H2,1H3. The van der Waals surface area contributed by atoms with Crippen molar-refractivity contribution in [1.29, 1.82) is 0 Å². The molecule has 0 bridgehead atoms. The van der Waals surface area contributed by atoms with Gasteiger partial charge in [-0.2, -0.15) is 0 Å². The Balaban J connectivity index is 1.17. The molecule has 0 aliphatic carbocycles. The van der Waals surface area contributed by atoms with E-state index in [2.05, 4.69) is 0 Å². The number of benzene rings is 3. The summed E-state index contributed by atoms with van der Waals surface area (Å²) in [7, 11) is 0. The van der Waals surface area contributed by atoms with Crippen LogP contribution in [0.2, 0.25) is 0 Å². The Kier molecular flexibility index (Phi) is 11.1. The number of aliphatic hydroxyl groups is 5. The first-order chi connectivity index (χ1) is 26.0. The van der Waals surface area contributed by atoms with Crippen molar-refractivity contribution in [2.75, 3.05) is 6.61 Å². The number of rotatable bonds is 9. The highest BCUT2D eigenvalue weighted by molar-refractivity contribution is 5.89. The summed E-state index contributed by atoms with van der Waals surface area (Å²) in [6.45, 7) is 0.713. The van der Waals surface area contributed by atoms with Gasteiger partial charge in [-0.25, -0.2) is 4.79 Å². The Hall–Kier alpha value is -5.64. The third-order valence-corrected chi connectivity index (χ3v) is 8.92. The quantitative estimate of drug-likeness (QED) is 0.0605. The van der Waals surface area contributed by atoms with Gasteiger partial charge in [0.1, 0.15) is 59.1 Å². The minimum absolute atomic E-state index is 0.0633. The van der Waals surface area contributed by atoms with Crippen molar-refractivity contribution in [3.05, 3.63) is 70.4 Å². The number of aromatic hydroxyl groups is 6. The van der Waals surface area contributed by atoms with E-state index in [1.807, 2.05) is 0 Å². The van der Waals surface area contributed by atoms with Crippen LogP contribution in [0.15, 0.2) is 63.8 Å². The Morgan fingerprint density at radius 1 is 0.745 bits per heavy atom. The van der Waals surface area contributed by atoms with Crippen LogP contribution >= 0.6 is 0 Å². The first kappa shape index (κ1) is 39.1. The fraction of sp³-hybridized carbons (Fsp3) is 0.333. The molecule has 19 nitrogen and oxygen atoms in total. The maximum absolute atomic E-state index is 13.7. The fourth-order valence-electron chi connectivity index (χ4n) is 5.98. The number of carbonyl (C=O) groups is 1. The zero-order valence-corrected chi connectivity index (χ0v) is 28.4. The van der Waals surface area contributed by atoms with Crippen LogP contribution in [0.5, 0.6) is 40.2 Å². The summed E-state index contributed by atoms with van der Waals surface area (Å²) in [4.78, 5) is 26.2. The monoisotopic (exact) mass is 772 g/mol. The Bertz CT molecular complexity index is 2150. The minimum Gasteiger partial charge on any atom is -0.508 e. The van der Waals surface area contributed by atoms with E-state index in [4.69, 9.17) is 28.1 Å². The highest BCUT2D eigenvalue weighted by Gasteiger charge is 2.49. The molecule has 294 valence electrons. The molecular formula is C36H36O19. The lowest BCUT2D eigenvalue weighted by Gasteiger charge is -2.43. The van der Waals surface area contributed by atoms with Gasteiger partial charge >= 0.3 is 5.97 Å². The molecule has 3 heterocycles. The zero-order chi connectivity index (χ0) is 39.9. The predicted molar refractivity (Wildman–Crippen MR) is 183 cm³/mol. The van der Waals surface area contributed by atoms with Crippen LogP contribution in [0.3, 0.4) is 0 Å². The largest absolute Gasteiger partial charge is 0.508 e. The fourth-order valence-corrected chi connectivity index (χ4v) is 5.98. The first-order valence-corrected chi connectivity index (χ1v) is 16.5. The van der Waals surface area contributed by atoms with Crippen molar-refractivity contribution in [3.63, 3.8) is 0 Å². The third-order valence-electron chi connectivity index (χ3n) is 8.92. The van der Waals surface area contributed by atoms with E-state index in [9.17, 15) is 65.8 Å². The molecule has 0 spiro atoms. The smallest absolute Gasteiger partial charge is 0.331 e. The van der Waals surface area contributed by atoms with Crippen LogP contribution in [0.4, 0.5) is 0 Å². The van der Waals surface area contributed by atoms with Crippen LogP contribution in [-0.2, 0) is 23.7 Å². The number of carbonyl (C=O) groups excluding carboxylic acids is 1. The van der Waals surface area contributed by atoms with Crippen molar-refractivity contribution < 1.29 is 89.1 Å². The Morgan fingerprint density at radius 2 is 1.42 bits per heavy atom. The van der Waals surface area contributed by atoms with Crippen LogP contribution in [-0.4, -0.2) is 130 Å². The number of phenolic OH excluding ortho intramolecular Hbond substituents is 6. The highest BCUT2D eigenvalue weighted by atomic mass is 16.7. The number of phenols is 6. The van der Waals surface area contributed by atoms with Crippen molar-refractivity contribution in [1.82, 2.24) is 0 Å². The number of hydrogen-bond donors (Lipinski definition) is 11. The number of ether oxygens (including phenoxy) is 5. The molecule has 55 heavy (non-hydrogen) atoms. The lowest BCUT2D eigenvalue weighted by atomic mass is 9.98. The van der Waals surface area contributed by atoms with E-state index < -0.39 is 125 Å². The molecule has 4 aromatic rings. The lowest BCUT2D eigenvalue weighted by molar-refractivity contribution is -0.319. The summed E-state index contributed by atoms with van der Waals surface area (Å²) in [5.74, 6) is -5.24. The van der Waals surface area contributed by atoms with Crippen molar-refractivity contribution in [3.8, 4) is 51.6 Å². The summed E-state index contributed by atoms with van der Waals surface area (Å²) >= 11 is 0. The summed E-state index contributed by atoms with van der Waals surface area (Å²) in [6, 6.07) is 8.95. The number of hydrogen-bond acceptors (Lipinski definition) is 19. The van der Waals surface area contributed by atoms with Crippen LogP contribution in [0.25, 0.3) is 28.4 Å². The number of aliphatic hydroxyl groups excluding tert-OH is 5. The van der Waals surface area contributed by atoms with E-state index in [0.717, 1.165) is 30.3 Å². The summed E-state index contributed by atoms with van der Waals surface area (Å²) in [5.41, 5.74) is -1.11. The molecule has 6 rings (SSSR count). The Morgan fingerprint density at radius 3 is 2.11 bits per heavy atom. The average Bonchev–Trinajstić information content (AvgIpc) is 3.13. The van der Waals surface area contributed by atoms with Crippen molar-refractivity contribution in [2.24, 2.45) is 0 Å². The molecule has 2 fully saturated rings. The van der Waals surface area contributed by atoms with E-state index in [-0.39, 0.29) is 16.9 Å². The van der Waals surface area contributed by atoms with E-state index in [1.165, 1.54) is 37.3 Å². The molecule has 2 saturated heterocycles. The molecule has 1 aromatic heterocycles. The zero-order valence-electron chi connectivity index (χ0n) is 28.4. The number of fused-ring (bicyclic) bond motifs is 1. The van der Waals surface area contributed by atoms with Crippen molar-refractivity contribution in [2.45, 2.75) is 68.3 Å². The van der Waals surface area contributed by atoms with Crippen LogP contribution in [0, 0.1) is 0 Å². The maximum Gasteiger partial charge on any atom is 0.331 e. The molecule has 3 aromatic carbocycles. The van der Waals surface area contributed by atoms with Crippen LogP contribution < -0.4 is 10.2 Å². The Labute approximate surface area is 308 Å². The summed E-state index contributed by atoms with van der Waals surface area (Å²) in [5, 5.41) is 113. The van der Waals surface area contributed by atoms with Gasteiger partial charge in [0.2, 0.25) is 17.5 Å². The van der Waals surface area contributed by atoms with Crippen molar-refractivity contribution >= 4 is 23.0 Å². The minimum atomic E-state index is -2.03. The average molecular weight is 773 g/mol. The van der Waals surface area contributed by atoms with Gasteiger partial charge in [-0.1, -0.05) is 6.07 Å². The molecular weight excluding hydrogens is 736 g/mol. The summed E-state index contributed by atoms with van der Waals surface area (Å²) in [6.07, 6.45) is -14.8. The molecule has 0 saturated carbocycles. The van der Waals surface area contributed by atoms with E-state index in [1.54, 1.807) is 0 Å². The topological polar surface area (TPSA) is 316 Å². The molecule has 19 heteroatoms. The van der Waals surface area contributed by atoms with Gasteiger partial charge in [-0.15, -0.1) is 0 Å². The van der Waals surface area contributed by atoms with Gasteiger partial charge in [0, 0.05) is 23.8 Å². The molecule has 0 radical (unpaired) electrons. The molecule has 2 aliphatic rings. The highest BCUT2D eigenvalue weighted by Crippen LogP contribution is 2.39. The van der Waals surface area contributed by atoms with E-state index >= 15 is 0 Å².